The van der Waals surface area contributed by atoms with E-state index in [-0.39, 0.29) is 12.3 Å². The molecule has 4 aromatic rings. The number of ether oxygens (including phenoxy) is 2. The summed E-state index contributed by atoms with van der Waals surface area (Å²) in [4.78, 5) is 61.9. The first-order chi connectivity index (χ1) is 24.9. The van der Waals surface area contributed by atoms with Crippen LogP contribution in [0.15, 0.2) is 91.3 Å². The minimum atomic E-state index is -1.49. The number of rotatable bonds is 6. The van der Waals surface area contributed by atoms with Crippen LogP contribution in [-0.4, -0.2) is 56.1 Å². The van der Waals surface area contributed by atoms with E-state index in [0.29, 0.717) is 35.7 Å². The number of amides is 3. The van der Waals surface area contributed by atoms with E-state index in [1.807, 2.05) is 54.6 Å². The zero-order valence-electron chi connectivity index (χ0n) is 29.4. The van der Waals surface area contributed by atoms with Crippen molar-refractivity contribution >= 4 is 34.6 Å². The SMILES string of the molecule is CC(C)(C)OC(=O)N[C@H]1CCCCC/C=C\[C@@H]2C[C@@]2(C(=O)O)NC(=O)[C@H](c2ccc(Oc3nc(-c4ccncc4)cc4ccccc34)cc2)NC1=O. The Hall–Kier alpha value is -5.78. The third-order valence-corrected chi connectivity index (χ3v) is 9.14. The highest BCUT2D eigenvalue weighted by atomic mass is 16.6. The molecule has 2 aromatic heterocycles. The molecule has 1 aliphatic carbocycles. The van der Waals surface area contributed by atoms with Crippen molar-refractivity contribution < 1.29 is 33.8 Å². The summed E-state index contributed by atoms with van der Waals surface area (Å²) >= 11 is 0. The molecule has 6 rings (SSSR count). The third-order valence-electron chi connectivity index (χ3n) is 9.14. The first kappa shape index (κ1) is 36.0. The normalized spacial score (nSPS) is 23.1. The summed E-state index contributed by atoms with van der Waals surface area (Å²) in [6.07, 6.45) is 9.97. The first-order valence-corrected chi connectivity index (χ1v) is 17.5. The van der Waals surface area contributed by atoms with Gasteiger partial charge in [0.2, 0.25) is 17.7 Å². The van der Waals surface area contributed by atoms with E-state index >= 15 is 0 Å². The lowest BCUT2D eigenvalue weighted by Gasteiger charge is -2.26. The molecular weight excluding hydrogens is 662 g/mol. The van der Waals surface area contributed by atoms with Gasteiger partial charge in [-0.1, -0.05) is 55.3 Å². The van der Waals surface area contributed by atoms with Gasteiger partial charge in [-0.05, 0) is 93.8 Å². The molecule has 3 amide bonds. The van der Waals surface area contributed by atoms with Crippen LogP contribution in [0.25, 0.3) is 22.0 Å². The maximum Gasteiger partial charge on any atom is 0.408 e. The van der Waals surface area contributed by atoms with E-state index in [0.717, 1.165) is 35.6 Å². The Bertz CT molecular complexity index is 1980. The van der Waals surface area contributed by atoms with Crippen LogP contribution in [0.3, 0.4) is 0 Å². The number of hydrogen-bond donors (Lipinski definition) is 4. The fourth-order valence-electron chi connectivity index (χ4n) is 6.32. The van der Waals surface area contributed by atoms with Gasteiger partial charge in [-0.2, -0.15) is 0 Å². The Morgan fingerprint density at radius 3 is 2.44 bits per heavy atom. The number of aromatic nitrogens is 2. The van der Waals surface area contributed by atoms with Crippen LogP contribution >= 0.6 is 0 Å². The topological polar surface area (TPSA) is 169 Å². The van der Waals surface area contributed by atoms with E-state index in [2.05, 4.69) is 20.9 Å². The van der Waals surface area contributed by atoms with E-state index in [1.54, 1.807) is 57.4 Å². The summed E-state index contributed by atoms with van der Waals surface area (Å²) in [5.74, 6) is -2.01. The number of carboxylic acids is 1. The zero-order chi connectivity index (χ0) is 36.9. The summed E-state index contributed by atoms with van der Waals surface area (Å²) in [6, 6.07) is 17.7. The van der Waals surface area contributed by atoms with Gasteiger partial charge in [-0.25, -0.2) is 14.6 Å². The van der Waals surface area contributed by atoms with Gasteiger partial charge in [0.05, 0.1) is 5.69 Å². The highest BCUT2D eigenvalue weighted by Crippen LogP contribution is 2.45. The van der Waals surface area contributed by atoms with Crippen LogP contribution in [0.4, 0.5) is 4.79 Å². The highest BCUT2D eigenvalue weighted by Gasteiger charge is 2.61. The van der Waals surface area contributed by atoms with Crippen LogP contribution in [0, 0.1) is 5.92 Å². The molecule has 0 bridgehead atoms. The molecular formula is C40H43N5O7. The quantitative estimate of drug-likeness (QED) is 0.161. The molecule has 12 nitrogen and oxygen atoms in total. The molecule has 2 aromatic carbocycles. The summed E-state index contributed by atoms with van der Waals surface area (Å²) < 4.78 is 11.7. The average Bonchev–Trinajstić information content (AvgIpc) is 3.82. The molecule has 1 saturated carbocycles. The van der Waals surface area contributed by atoms with E-state index in [4.69, 9.17) is 14.5 Å². The summed E-state index contributed by atoms with van der Waals surface area (Å²) in [5, 5.41) is 20.1. The van der Waals surface area contributed by atoms with Gasteiger partial charge in [-0.3, -0.25) is 14.6 Å². The zero-order valence-corrected chi connectivity index (χ0v) is 29.4. The number of carbonyl (C=O) groups excluding carboxylic acids is 3. The summed E-state index contributed by atoms with van der Waals surface area (Å²) in [7, 11) is 0. The minimum absolute atomic E-state index is 0.236. The smallest absolute Gasteiger partial charge is 0.408 e. The molecule has 0 spiro atoms. The average molecular weight is 706 g/mol. The highest BCUT2D eigenvalue weighted by molar-refractivity contribution is 5.96. The fourth-order valence-corrected chi connectivity index (χ4v) is 6.32. The van der Waals surface area contributed by atoms with Gasteiger partial charge in [0.25, 0.3) is 0 Å². The van der Waals surface area contributed by atoms with Crippen molar-refractivity contribution in [2.75, 3.05) is 0 Å². The van der Waals surface area contributed by atoms with E-state index in [9.17, 15) is 24.3 Å². The number of hydrogen-bond acceptors (Lipinski definition) is 8. The molecule has 1 fully saturated rings. The van der Waals surface area contributed by atoms with Crippen molar-refractivity contribution in [3.05, 3.63) is 96.8 Å². The number of pyridine rings is 2. The molecule has 0 unspecified atom stereocenters. The standard InChI is InChI=1S/C40H43N5O7/c1-39(2,3)52-38(50)43-31-14-8-6-4-5-7-12-28-24-40(28,37(48)49)45-35(47)33(44-34(31)46)26-15-17-29(18-16-26)51-36-30-13-10-9-11-27(30)23-32(42-36)25-19-21-41-22-20-25/h7,9-13,15-23,28,31,33H,4-6,8,14,24H2,1-3H3,(H,43,50)(H,44,46)(H,45,47)(H,48,49)/b12-7-/t28-,31+,33+,40-/m1/s1. The van der Waals surface area contributed by atoms with Crippen molar-refractivity contribution in [2.45, 2.75) is 82.5 Å². The molecule has 52 heavy (non-hydrogen) atoms. The third kappa shape index (κ3) is 8.56. The van der Waals surface area contributed by atoms with Gasteiger partial charge < -0.3 is 30.5 Å². The molecule has 1 aliphatic heterocycles. The Kier molecular flexibility index (Phi) is 10.5. The van der Waals surface area contributed by atoms with E-state index < -0.39 is 47.1 Å². The summed E-state index contributed by atoms with van der Waals surface area (Å²) in [5.41, 5.74) is -0.305. The first-order valence-electron chi connectivity index (χ1n) is 17.5. The number of aliphatic carboxylic acids is 1. The molecule has 270 valence electrons. The second kappa shape index (κ2) is 15.2. The lowest BCUT2D eigenvalue weighted by molar-refractivity contribution is -0.144. The van der Waals surface area contributed by atoms with Gasteiger partial charge in [0.1, 0.15) is 29.0 Å². The molecule has 0 saturated heterocycles. The fraction of sp³-hybridized carbons (Fsp3) is 0.350. The van der Waals surface area contributed by atoms with Crippen molar-refractivity contribution in [2.24, 2.45) is 5.92 Å². The predicted octanol–water partition coefficient (Wildman–Crippen LogP) is 6.62. The Morgan fingerprint density at radius 2 is 1.71 bits per heavy atom. The van der Waals surface area contributed by atoms with Crippen LogP contribution in [0.2, 0.25) is 0 Å². The van der Waals surface area contributed by atoms with Gasteiger partial charge in [0, 0.05) is 29.3 Å². The molecule has 2 aliphatic rings. The number of nitrogens with zero attached hydrogens (tertiary/aromatic N) is 2. The van der Waals surface area contributed by atoms with E-state index in [1.165, 1.54) is 0 Å². The number of fused-ring (bicyclic) bond motifs is 2. The van der Waals surface area contributed by atoms with Gasteiger partial charge in [0.15, 0.2) is 0 Å². The number of nitrogens with one attached hydrogen (secondary N) is 3. The molecule has 4 N–H and O–H groups in total. The number of carboxylic acid groups (broad SMARTS) is 1. The lowest BCUT2D eigenvalue weighted by Crippen LogP contribution is -2.53. The monoisotopic (exact) mass is 705 g/mol. The van der Waals surface area contributed by atoms with Crippen LogP contribution < -0.4 is 20.7 Å². The van der Waals surface area contributed by atoms with Crippen molar-refractivity contribution in [1.29, 1.82) is 0 Å². The molecule has 12 heteroatoms. The largest absolute Gasteiger partial charge is 0.479 e. The van der Waals surface area contributed by atoms with Crippen LogP contribution in [0.5, 0.6) is 11.6 Å². The number of alkyl carbamates (subject to hydrolysis) is 1. The second-order valence-electron chi connectivity index (χ2n) is 14.2. The Balaban J connectivity index is 1.30. The van der Waals surface area contributed by atoms with Crippen LogP contribution in [0.1, 0.15) is 70.9 Å². The van der Waals surface area contributed by atoms with Crippen molar-refractivity contribution in [3.63, 3.8) is 0 Å². The molecule has 3 heterocycles. The molecule has 4 atom stereocenters. The number of benzene rings is 2. The van der Waals surface area contributed by atoms with Gasteiger partial charge >= 0.3 is 12.1 Å². The van der Waals surface area contributed by atoms with Crippen LogP contribution in [-0.2, 0) is 19.1 Å². The maximum atomic E-state index is 14.0. The predicted molar refractivity (Wildman–Crippen MR) is 194 cm³/mol. The van der Waals surface area contributed by atoms with Crippen molar-refractivity contribution in [3.8, 4) is 22.9 Å². The summed E-state index contributed by atoms with van der Waals surface area (Å²) in [6.45, 7) is 5.18. The lowest BCUT2D eigenvalue weighted by atomic mass is 10.0. The van der Waals surface area contributed by atoms with Gasteiger partial charge in [-0.15, -0.1) is 0 Å². The number of allylic oxidation sites excluding steroid dienone is 1. The van der Waals surface area contributed by atoms with Crippen molar-refractivity contribution in [1.82, 2.24) is 25.9 Å². The second-order valence-corrected chi connectivity index (χ2v) is 14.2. The maximum absolute atomic E-state index is 14.0. The number of carbonyl (C=O) groups is 4. The minimum Gasteiger partial charge on any atom is -0.479 e. The molecule has 0 radical (unpaired) electrons. The Morgan fingerprint density at radius 1 is 0.962 bits per heavy atom. The Labute approximate surface area is 302 Å².